The molecular formula is C45H57N2O10S+. The summed E-state index contributed by atoms with van der Waals surface area (Å²) in [6, 6.07) is 21.0. The third-order valence-corrected chi connectivity index (χ3v) is 11.3. The highest BCUT2D eigenvalue weighted by atomic mass is 32.2. The second-order valence-electron chi connectivity index (χ2n) is 14.8. The van der Waals surface area contributed by atoms with Crippen LogP contribution < -0.4 is 14.8 Å². The topological polar surface area (TPSA) is 148 Å². The number of aliphatic carboxylic acids is 1. The number of rotatable bonds is 22. The number of carboxylic acids is 1. The van der Waals surface area contributed by atoms with Crippen molar-refractivity contribution in [2.45, 2.75) is 56.8 Å². The van der Waals surface area contributed by atoms with Crippen molar-refractivity contribution in [3.8, 4) is 22.6 Å². The third-order valence-electron chi connectivity index (χ3n) is 10.4. The van der Waals surface area contributed by atoms with E-state index in [1.807, 2.05) is 50.3 Å². The molecule has 12 nitrogen and oxygen atoms in total. The highest BCUT2D eigenvalue weighted by Gasteiger charge is 2.40. The number of carbonyl (C=O) groups is 1. The molecule has 58 heavy (non-hydrogen) atoms. The van der Waals surface area contributed by atoms with Gasteiger partial charge in [0.15, 0.2) is 13.1 Å². The van der Waals surface area contributed by atoms with Gasteiger partial charge in [0, 0.05) is 66.7 Å². The minimum absolute atomic E-state index is 0.110. The summed E-state index contributed by atoms with van der Waals surface area (Å²) in [5.74, 6) is 0.654. The summed E-state index contributed by atoms with van der Waals surface area (Å²) in [6.45, 7) is 11.1. The molecule has 13 heteroatoms. The van der Waals surface area contributed by atoms with Crippen molar-refractivity contribution in [2.24, 2.45) is 0 Å². The van der Waals surface area contributed by atoms with E-state index in [0.717, 1.165) is 63.2 Å². The molecule has 0 saturated carbocycles. The molecule has 1 aliphatic carbocycles. The summed E-state index contributed by atoms with van der Waals surface area (Å²) in [7, 11) is -1.11. The lowest BCUT2D eigenvalue weighted by Gasteiger charge is -2.27. The van der Waals surface area contributed by atoms with Gasteiger partial charge in [-0.15, -0.1) is 0 Å². The van der Waals surface area contributed by atoms with Gasteiger partial charge in [-0.05, 0) is 61.2 Å². The first kappa shape index (κ1) is 44.5. The Hall–Kier alpha value is -4.63. The molecule has 0 fully saturated rings. The molecule has 2 heterocycles. The van der Waals surface area contributed by atoms with Crippen molar-refractivity contribution in [3.63, 3.8) is 0 Å². The number of carboxylic acid groups (broad SMARTS) is 1. The van der Waals surface area contributed by atoms with Gasteiger partial charge in [0.25, 0.3) is 10.1 Å². The van der Waals surface area contributed by atoms with Gasteiger partial charge in [-0.3, -0.25) is 9.35 Å². The minimum Gasteiger partial charge on any atom is -0.481 e. The fourth-order valence-corrected chi connectivity index (χ4v) is 7.83. The monoisotopic (exact) mass is 817 g/mol. The maximum absolute atomic E-state index is 12.2. The molecule has 2 aromatic rings. The minimum atomic E-state index is -4.41. The molecule has 0 spiro atoms. The number of unbranched alkanes of at least 4 members (excludes halogenated alkanes) is 2. The van der Waals surface area contributed by atoms with Gasteiger partial charge >= 0.3 is 5.97 Å². The number of hydrogen-bond acceptors (Lipinski definition) is 9. The van der Waals surface area contributed by atoms with Crippen LogP contribution in [0.5, 0.6) is 0 Å². The van der Waals surface area contributed by atoms with Crippen LogP contribution in [-0.2, 0) is 39.3 Å². The van der Waals surface area contributed by atoms with E-state index in [-0.39, 0.29) is 11.3 Å². The molecule has 312 valence electrons. The lowest BCUT2D eigenvalue weighted by atomic mass is 9.83. The van der Waals surface area contributed by atoms with Crippen LogP contribution in [0.25, 0.3) is 28.7 Å². The van der Waals surface area contributed by atoms with Crippen LogP contribution >= 0.6 is 0 Å². The first-order valence-corrected chi connectivity index (χ1v) is 21.1. The number of ether oxygens (including phenoxy) is 4. The van der Waals surface area contributed by atoms with Crippen LogP contribution in [0.2, 0.25) is 0 Å². The van der Waals surface area contributed by atoms with E-state index in [0.29, 0.717) is 71.5 Å². The Kier molecular flexibility index (Phi) is 16.0. The molecule has 5 rings (SSSR count). The van der Waals surface area contributed by atoms with Crippen LogP contribution in [-0.4, -0.2) is 97.5 Å². The summed E-state index contributed by atoms with van der Waals surface area (Å²) in [5.41, 5.74) is 5.82. The van der Waals surface area contributed by atoms with E-state index < -0.39 is 21.5 Å². The van der Waals surface area contributed by atoms with Gasteiger partial charge in [-0.2, -0.15) is 8.42 Å². The van der Waals surface area contributed by atoms with E-state index in [9.17, 15) is 17.8 Å². The average Bonchev–Trinajstić information content (AvgIpc) is 3.41. The van der Waals surface area contributed by atoms with Gasteiger partial charge in [-0.1, -0.05) is 62.8 Å². The highest BCUT2D eigenvalue weighted by Crippen LogP contribution is 2.48. The van der Waals surface area contributed by atoms with Crippen molar-refractivity contribution >= 4 is 27.9 Å². The maximum Gasteiger partial charge on any atom is 0.303 e. The fourth-order valence-electron chi connectivity index (χ4n) is 7.33. The Labute approximate surface area is 342 Å². The van der Waals surface area contributed by atoms with E-state index in [1.54, 1.807) is 26.4 Å². The summed E-state index contributed by atoms with van der Waals surface area (Å²) in [5, 5.41) is 10.1. The van der Waals surface area contributed by atoms with Crippen LogP contribution in [0.3, 0.4) is 0 Å². The molecule has 0 atom stereocenters. The van der Waals surface area contributed by atoms with Gasteiger partial charge < -0.3 is 33.4 Å². The number of hydrogen-bond donors (Lipinski definition) is 2. The SMILES string of the molecule is COCCOCC[N+](CCOCCOC)=c1ccc2c(/C=C/C=C3\N(CCCCCC(=O)O)c4ccc(S(=O)(=O)O)cc4C3(C)C)c(C)c(-c3ccccc3)oc-2c1. The molecular weight excluding hydrogens is 761 g/mol. The van der Waals surface area contributed by atoms with Gasteiger partial charge in [0.1, 0.15) is 24.7 Å². The molecule has 0 aromatic heterocycles. The number of allylic oxidation sites excluding steroid dienone is 3. The van der Waals surface area contributed by atoms with E-state index in [2.05, 4.69) is 46.8 Å². The van der Waals surface area contributed by atoms with Crippen LogP contribution in [0, 0.1) is 6.92 Å². The molecule has 2 aromatic carbocycles. The fraction of sp³-hybridized carbons (Fsp3) is 0.422. The molecule has 0 amide bonds. The van der Waals surface area contributed by atoms with Crippen LogP contribution in [0.1, 0.15) is 56.2 Å². The number of benzene rings is 3. The van der Waals surface area contributed by atoms with Crippen LogP contribution in [0.4, 0.5) is 5.69 Å². The summed E-state index contributed by atoms with van der Waals surface area (Å²) >= 11 is 0. The lowest BCUT2D eigenvalue weighted by molar-refractivity contribution is -0.137. The van der Waals surface area contributed by atoms with Gasteiger partial charge in [0.05, 0.1) is 37.4 Å². The Morgan fingerprint density at radius 1 is 0.879 bits per heavy atom. The maximum atomic E-state index is 12.2. The van der Waals surface area contributed by atoms with Crippen molar-refractivity contribution in [3.05, 3.63) is 107 Å². The molecule has 2 N–H and O–H groups in total. The Morgan fingerprint density at radius 3 is 2.21 bits per heavy atom. The number of nitrogens with zero attached hydrogens (tertiary/aromatic N) is 2. The third kappa shape index (κ3) is 11.3. The molecule has 0 unspecified atom stereocenters. The average molecular weight is 818 g/mol. The highest BCUT2D eigenvalue weighted by molar-refractivity contribution is 7.85. The van der Waals surface area contributed by atoms with Gasteiger partial charge in [-0.25, -0.2) is 4.58 Å². The zero-order chi connectivity index (χ0) is 41.7. The standard InChI is InChI=1S/C45H56N2O10S/c1-33-37(15-12-16-42-45(2,3)39-32-36(58(50,51)52)19-21-40(39)47(42)22-11-7-10-17-43(48)49)38-20-18-35(31-41(38)57-44(33)34-13-8-6-9-14-34)46(23-25-55-29-27-53-4)24-26-56-30-28-54-5/h6,8-9,12-16,18-21,31-32H,7,10-11,17,22-30H2,1-5H3,(H-,48,49,50,51,52)/p+1. The number of anilines is 1. The second-order valence-corrected chi connectivity index (χ2v) is 16.2. The Balaban J connectivity index is 1.58. The van der Waals surface area contributed by atoms with E-state index >= 15 is 0 Å². The van der Waals surface area contributed by atoms with Gasteiger partial charge in [0.2, 0.25) is 5.36 Å². The number of fused-ring (bicyclic) bond motifs is 2. The van der Waals surface area contributed by atoms with E-state index in [4.69, 9.17) is 28.5 Å². The summed E-state index contributed by atoms with van der Waals surface area (Å²) < 4.78 is 65.1. The lowest BCUT2D eigenvalue weighted by Crippen LogP contribution is -2.36. The molecule has 0 bridgehead atoms. The first-order chi connectivity index (χ1) is 27.9. The summed E-state index contributed by atoms with van der Waals surface area (Å²) in [4.78, 5) is 13.2. The quantitative estimate of drug-likeness (QED) is 0.0478. The normalized spacial score (nSPS) is 14.5. The smallest absolute Gasteiger partial charge is 0.303 e. The predicted octanol–water partition coefficient (Wildman–Crippen LogP) is 7.04. The van der Waals surface area contributed by atoms with Crippen molar-refractivity contribution in [2.75, 3.05) is 78.4 Å². The molecule has 2 aliphatic heterocycles. The zero-order valence-corrected chi connectivity index (χ0v) is 35.1. The molecule has 0 saturated heterocycles. The molecule has 0 radical (unpaired) electrons. The van der Waals surface area contributed by atoms with Crippen molar-refractivity contribution in [1.82, 2.24) is 4.58 Å². The summed E-state index contributed by atoms with van der Waals surface area (Å²) in [6.07, 6.45) is 8.32. The van der Waals surface area contributed by atoms with Crippen molar-refractivity contribution < 1.29 is 46.2 Å². The Morgan fingerprint density at radius 2 is 1.57 bits per heavy atom. The van der Waals surface area contributed by atoms with E-state index in [1.165, 1.54) is 6.07 Å². The predicted molar refractivity (Wildman–Crippen MR) is 226 cm³/mol. The largest absolute Gasteiger partial charge is 0.481 e. The second kappa shape index (κ2) is 20.9. The molecule has 3 aliphatic rings. The van der Waals surface area contributed by atoms with Crippen LogP contribution in [0.15, 0.2) is 93.9 Å². The number of methoxy groups -OCH3 is 2. The zero-order valence-electron chi connectivity index (χ0n) is 34.2. The van der Waals surface area contributed by atoms with Crippen molar-refractivity contribution in [1.29, 1.82) is 0 Å². The Bertz CT molecular complexity index is 2190. The first-order valence-electron chi connectivity index (χ1n) is 19.7.